The number of para-hydroxylation sites is 1. The third kappa shape index (κ3) is 3.05. The first-order valence-corrected chi connectivity index (χ1v) is 7.10. The molecule has 2 nitrogen and oxygen atoms in total. The van der Waals surface area contributed by atoms with Crippen LogP contribution in [-0.2, 0) is 0 Å². The minimum Gasteiger partial charge on any atom is -0.487 e. The molecule has 0 radical (unpaired) electrons. The highest BCUT2D eigenvalue weighted by Crippen LogP contribution is 2.41. The zero-order chi connectivity index (χ0) is 13.0. The maximum atomic E-state index is 10.2. The Kier molecular flexibility index (Phi) is 4.28. The normalized spacial score (nSPS) is 26.5. The molecule has 1 aromatic rings. The maximum absolute atomic E-state index is 10.2. The van der Waals surface area contributed by atoms with E-state index in [1.54, 1.807) is 0 Å². The highest BCUT2D eigenvalue weighted by molar-refractivity contribution is 5.37. The van der Waals surface area contributed by atoms with Crippen LogP contribution in [0.25, 0.3) is 0 Å². The molecule has 1 aliphatic rings. The minimum atomic E-state index is -0.383. The molecule has 0 fully saturated rings. The van der Waals surface area contributed by atoms with Gasteiger partial charge in [-0.25, -0.2) is 0 Å². The van der Waals surface area contributed by atoms with E-state index in [1.807, 2.05) is 24.3 Å². The Labute approximate surface area is 110 Å². The highest BCUT2D eigenvalue weighted by Gasteiger charge is 2.35. The summed E-state index contributed by atoms with van der Waals surface area (Å²) in [5.74, 6) is 0.856. The molecule has 0 aliphatic carbocycles. The first-order chi connectivity index (χ1) is 8.64. The van der Waals surface area contributed by atoms with Gasteiger partial charge in [0.2, 0.25) is 0 Å². The minimum absolute atomic E-state index is 0.207. The van der Waals surface area contributed by atoms with Gasteiger partial charge < -0.3 is 9.84 Å². The molecule has 2 rings (SSSR count). The molecule has 18 heavy (non-hydrogen) atoms. The maximum Gasteiger partial charge on any atom is 0.125 e. The van der Waals surface area contributed by atoms with Crippen molar-refractivity contribution in [2.45, 2.75) is 64.1 Å². The van der Waals surface area contributed by atoms with Crippen LogP contribution in [-0.4, -0.2) is 10.7 Å². The average Bonchev–Trinajstić information content (AvgIpc) is 2.35. The summed E-state index contributed by atoms with van der Waals surface area (Å²) in [5, 5.41) is 10.2. The van der Waals surface area contributed by atoms with E-state index < -0.39 is 0 Å². The van der Waals surface area contributed by atoms with Gasteiger partial charge in [0.25, 0.3) is 0 Å². The predicted octanol–water partition coefficient (Wildman–Crippen LogP) is 4.23. The van der Waals surface area contributed by atoms with Crippen molar-refractivity contribution in [1.82, 2.24) is 0 Å². The molecule has 1 unspecified atom stereocenters. The number of rotatable bonds is 5. The fourth-order valence-corrected chi connectivity index (χ4v) is 2.75. The average molecular weight is 248 g/mol. The van der Waals surface area contributed by atoms with Crippen LogP contribution in [0.4, 0.5) is 0 Å². The second-order valence-electron chi connectivity index (χ2n) is 5.62. The quantitative estimate of drug-likeness (QED) is 0.790. The van der Waals surface area contributed by atoms with Crippen molar-refractivity contribution in [3.05, 3.63) is 29.8 Å². The molecule has 0 saturated heterocycles. The Balaban J connectivity index is 2.00. The summed E-state index contributed by atoms with van der Waals surface area (Å²) in [4.78, 5) is 0. The van der Waals surface area contributed by atoms with E-state index in [4.69, 9.17) is 4.74 Å². The van der Waals surface area contributed by atoms with Gasteiger partial charge in [-0.05, 0) is 25.8 Å². The van der Waals surface area contributed by atoms with Crippen LogP contribution in [0.3, 0.4) is 0 Å². The number of aliphatic hydroxyl groups is 1. The van der Waals surface area contributed by atoms with Crippen molar-refractivity contribution in [1.29, 1.82) is 0 Å². The van der Waals surface area contributed by atoms with Crippen LogP contribution >= 0.6 is 0 Å². The second kappa shape index (κ2) is 5.75. The lowest BCUT2D eigenvalue weighted by Gasteiger charge is -2.38. The first-order valence-electron chi connectivity index (χ1n) is 7.10. The summed E-state index contributed by atoms with van der Waals surface area (Å²) in [7, 11) is 0. The molecule has 0 bridgehead atoms. The molecule has 1 aliphatic heterocycles. The number of unbranched alkanes of at least 4 members (excludes halogenated alkanes) is 3. The van der Waals surface area contributed by atoms with E-state index in [-0.39, 0.29) is 11.7 Å². The van der Waals surface area contributed by atoms with Gasteiger partial charge in [0.05, 0.1) is 6.10 Å². The number of benzene rings is 1. The molecule has 0 spiro atoms. The number of hydrogen-bond acceptors (Lipinski definition) is 2. The molecule has 1 N–H and O–H groups in total. The summed E-state index contributed by atoms with van der Waals surface area (Å²) in [5.41, 5.74) is 0.727. The summed E-state index contributed by atoms with van der Waals surface area (Å²) in [6.07, 6.45) is 6.32. The zero-order valence-electron chi connectivity index (χ0n) is 11.5. The number of aliphatic hydroxyl groups excluding tert-OH is 1. The molecule has 100 valence electrons. The highest BCUT2D eigenvalue weighted by atomic mass is 16.5. The van der Waals surface area contributed by atoms with Crippen molar-refractivity contribution in [3.63, 3.8) is 0 Å². The first kappa shape index (κ1) is 13.4. The van der Waals surface area contributed by atoms with Gasteiger partial charge in [-0.3, -0.25) is 0 Å². The SMILES string of the molecule is CCCCCCC1(C)C[C@@H](O)c2ccccc2O1. The lowest BCUT2D eigenvalue weighted by Crippen LogP contribution is -2.38. The lowest BCUT2D eigenvalue weighted by atomic mass is 9.86. The third-order valence-electron chi connectivity index (χ3n) is 3.82. The molecule has 0 aromatic heterocycles. The van der Waals surface area contributed by atoms with E-state index in [0.717, 1.165) is 17.7 Å². The van der Waals surface area contributed by atoms with Crippen molar-refractivity contribution in [2.75, 3.05) is 0 Å². The van der Waals surface area contributed by atoms with Crippen LogP contribution in [0.5, 0.6) is 5.75 Å². The van der Waals surface area contributed by atoms with Gasteiger partial charge >= 0.3 is 0 Å². The van der Waals surface area contributed by atoms with Crippen LogP contribution < -0.4 is 4.74 Å². The van der Waals surface area contributed by atoms with Crippen LogP contribution in [0, 0.1) is 0 Å². The van der Waals surface area contributed by atoms with Crippen molar-refractivity contribution >= 4 is 0 Å². The van der Waals surface area contributed by atoms with Crippen LogP contribution in [0.1, 0.15) is 64.0 Å². The zero-order valence-corrected chi connectivity index (χ0v) is 11.5. The molecule has 0 amide bonds. The molecule has 1 heterocycles. The van der Waals surface area contributed by atoms with Gasteiger partial charge in [0, 0.05) is 12.0 Å². The Morgan fingerprint density at radius 3 is 2.83 bits per heavy atom. The molecular weight excluding hydrogens is 224 g/mol. The Bertz CT molecular complexity index is 388. The predicted molar refractivity (Wildman–Crippen MR) is 73.8 cm³/mol. The van der Waals surface area contributed by atoms with Crippen LogP contribution in [0.2, 0.25) is 0 Å². The van der Waals surface area contributed by atoms with Crippen molar-refractivity contribution in [2.24, 2.45) is 0 Å². The molecular formula is C16H24O2. The van der Waals surface area contributed by atoms with E-state index >= 15 is 0 Å². The van der Waals surface area contributed by atoms with E-state index in [2.05, 4.69) is 13.8 Å². The number of hydrogen-bond donors (Lipinski definition) is 1. The molecule has 2 heteroatoms. The van der Waals surface area contributed by atoms with E-state index in [1.165, 1.54) is 25.7 Å². The number of fused-ring (bicyclic) bond motifs is 1. The van der Waals surface area contributed by atoms with Crippen molar-refractivity contribution < 1.29 is 9.84 Å². The van der Waals surface area contributed by atoms with E-state index in [9.17, 15) is 5.11 Å². The van der Waals surface area contributed by atoms with E-state index in [0.29, 0.717) is 6.42 Å². The summed E-state index contributed by atoms with van der Waals surface area (Å²) in [6, 6.07) is 7.84. The Morgan fingerprint density at radius 1 is 1.28 bits per heavy atom. The monoisotopic (exact) mass is 248 g/mol. The summed E-state index contributed by atoms with van der Waals surface area (Å²) >= 11 is 0. The summed E-state index contributed by atoms with van der Waals surface area (Å²) < 4.78 is 6.11. The van der Waals surface area contributed by atoms with Crippen LogP contribution in [0.15, 0.2) is 24.3 Å². The standard InChI is InChI=1S/C16H24O2/c1-3-4-5-8-11-16(2)12-14(17)13-9-6-7-10-15(13)18-16/h6-7,9-10,14,17H,3-5,8,11-12H2,1-2H3/t14-,16?/m1/s1. The van der Waals surface area contributed by atoms with Gasteiger partial charge in [-0.15, -0.1) is 0 Å². The third-order valence-corrected chi connectivity index (χ3v) is 3.82. The summed E-state index contributed by atoms with van der Waals surface area (Å²) in [6.45, 7) is 4.34. The van der Waals surface area contributed by atoms with Gasteiger partial charge in [0.1, 0.15) is 11.4 Å². The number of ether oxygens (including phenoxy) is 1. The molecule has 2 atom stereocenters. The Hall–Kier alpha value is -1.02. The fourth-order valence-electron chi connectivity index (χ4n) is 2.75. The van der Waals surface area contributed by atoms with Crippen molar-refractivity contribution in [3.8, 4) is 5.75 Å². The molecule has 1 aromatic carbocycles. The topological polar surface area (TPSA) is 29.5 Å². The molecule has 0 saturated carbocycles. The smallest absolute Gasteiger partial charge is 0.125 e. The lowest BCUT2D eigenvalue weighted by molar-refractivity contribution is -0.00847. The Morgan fingerprint density at radius 2 is 2.06 bits per heavy atom. The van der Waals surface area contributed by atoms with Gasteiger partial charge in [0.15, 0.2) is 0 Å². The van der Waals surface area contributed by atoms with Gasteiger partial charge in [-0.2, -0.15) is 0 Å². The second-order valence-corrected chi connectivity index (χ2v) is 5.62. The van der Waals surface area contributed by atoms with Gasteiger partial charge in [-0.1, -0.05) is 44.4 Å². The fraction of sp³-hybridized carbons (Fsp3) is 0.625. The largest absolute Gasteiger partial charge is 0.487 e.